The molecule has 0 saturated carbocycles. The van der Waals surface area contributed by atoms with Gasteiger partial charge in [0.15, 0.2) is 0 Å². The summed E-state index contributed by atoms with van der Waals surface area (Å²) < 4.78 is 11.0. The molecule has 0 aliphatic heterocycles. The number of hydrogen-bond acceptors (Lipinski definition) is 3. The number of hydrogen-bond donors (Lipinski definition) is 0. The molecule has 298 valence electrons. The molecule has 57 heavy (non-hydrogen) atoms. The molecule has 0 unspecified atom stereocenters. The number of aromatic nitrogens is 4. The first kappa shape index (κ1) is 42.1. The van der Waals surface area contributed by atoms with Crippen molar-refractivity contribution < 1.29 is 25.8 Å². The summed E-state index contributed by atoms with van der Waals surface area (Å²) in [5, 5.41) is 7.68. The molecule has 7 rings (SSSR count). The van der Waals surface area contributed by atoms with E-state index >= 15 is 0 Å². The average molecular weight is 938 g/mol. The van der Waals surface area contributed by atoms with Crippen molar-refractivity contribution in [1.82, 2.24) is 19.3 Å². The Kier molecular flexibility index (Phi) is 11.6. The molecule has 0 aliphatic rings. The summed E-state index contributed by atoms with van der Waals surface area (Å²) in [6.45, 7) is 29.5. The van der Waals surface area contributed by atoms with Crippen LogP contribution in [0.1, 0.15) is 129 Å². The van der Waals surface area contributed by atoms with E-state index in [0.29, 0.717) is 17.4 Å². The summed E-state index contributed by atoms with van der Waals surface area (Å²) in [7, 11) is 0. The van der Waals surface area contributed by atoms with Crippen molar-refractivity contribution in [3.8, 4) is 34.1 Å². The second-order valence-corrected chi connectivity index (χ2v) is 18.9. The van der Waals surface area contributed by atoms with Gasteiger partial charge in [0.25, 0.3) is 0 Å². The summed E-state index contributed by atoms with van der Waals surface area (Å²) in [5.41, 5.74) is 12.4. The summed E-state index contributed by atoms with van der Waals surface area (Å²) in [5.74, 6) is 2.50. The number of fused-ring (bicyclic) bond motifs is 3. The molecule has 0 spiro atoms. The van der Waals surface area contributed by atoms with E-state index in [1.165, 1.54) is 33.5 Å². The Morgan fingerprint density at radius 2 is 1.42 bits per heavy atom. The standard InChI is InChI=1S/C51H58N4O.Pt/c1-14-17-43-47(35-26-36(49(5,6)7)29-37(27-35)50(8,9)10)48(51(11,12)13)55(53-43)38-24-33(4)25-40(30-38)56-39-20-21-42-41-18-15-16-19-44(41)54(45(42)31-39)46-28-34(32(2)3)22-23-52-46;/h15-16,18-29,32H,14,17H2,1-13H3;/q-2;+2. The van der Waals surface area contributed by atoms with Gasteiger partial charge in [0.2, 0.25) is 0 Å². The number of benzene rings is 4. The molecule has 4 aromatic carbocycles. The first-order valence-electron chi connectivity index (χ1n) is 20.3. The monoisotopic (exact) mass is 937 g/mol. The zero-order chi connectivity index (χ0) is 40.3. The largest absolute Gasteiger partial charge is 2.00 e. The summed E-state index contributed by atoms with van der Waals surface area (Å²) >= 11 is 0. The third kappa shape index (κ3) is 8.42. The van der Waals surface area contributed by atoms with Crippen LogP contribution >= 0.6 is 0 Å². The van der Waals surface area contributed by atoms with Gasteiger partial charge in [-0.15, -0.1) is 35.7 Å². The fourth-order valence-electron chi connectivity index (χ4n) is 7.72. The van der Waals surface area contributed by atoms with Gasteiger partial charge < -0.3 is 9.30 Å². The zero-order valence-electron chi connectivity index (χ0n) is 36.1. The second-order valence-electron chi connectivity index (χ2n) is 18.9. The molecule has 0 bridgehead atoms. The SMILES string of the molecule is CCCc1nn(-c2[c-]c(Oc3[c-]c4c(cc3)c3ccccc3n4-c3cc(C(C)C)ccn3)cc(C)c2)c(C(C)(C)C)c1-c1cc(C(C)(C)C)cc(C(C)(C)C)c1.[Pt+2]. The summed E-state index contributed by atoms with van der Waals surface area (Å²) in [6, 6.07) is 35.6. The van der Waals surface area contributed by atoms with Crippen molar-refractivity contribution in [2.45, 2.75) is 125 Å². The van der Waals surface area contributed by atoms with E-state index in [1.807, 2.05) is 18.3 Å². The molecule has 0 amide bonds. The maximum Gasteiger partial charge on any atom is 2.00 e. The second kappa shape index (κ2) is 15.7. The molecular formula is C51H58N4OPt. The van der Waals surface area contributed by atoms with Crippen LogP contribution in [-0.2, 0) is 43.7 Å². The quantitative estimate of drug-likeness (QED) is 0.143. The van der Waals surface area contributed by atoms with E-state index < -0.39 is 0 Å². The van der Waals surface area contributed by atoms with Gasteiger partial charge in [0.1, 0.15) is 5.82 Å². The molecule has 7 aromatic rings. The van der Waals surface area contributed by atoms with Crippen molar-refractivity contribution in [3.63, 3.8) is 0 Å². The fourth-order valence-corrected chi connectivity index (χ4v) is 7.72. The number of ether oxygens (including phenoxy) is 1. The Bertz CT molecular complexity index is 2540. The Morgan fingerprint density at radius 3 is 2.05 bits per heavy atom. The molecule has 0 atom stereocenters. The molecule has 0 fully saturated rings. The van der Waals surface area contributed by atoms with Crippen molar-refractivity contribution in [1.29, 1.82) is 0 Å². The van der Waals surface area contributed by atoms with Gasteiger partial charge in [0.05, 0.1) is 11.4 Å². The van der Waals surface area contributed by atoms with Gasteiger partial charge in [0, 0.05) is 34.2 Å². The minimum atomic E-state index is -0.223. The van der Waals surface area contributed by atoms with Gasteiger partial charge in [-0.3, -0.25) is 4.68 Å². The van der Waals surface area contributed by atoms with E-state index in [2.05, 4.69) is 178 Å². The van der Waals surface area contributed by atoms with Crippen LogP contribution < -0.4 is 4.74 Å². The Labute approximate surface area is 355 Å². The number of aryl methyl sites for hydroxylation is 2. The molecule has 0 N–H and O–H groups in total. The normalized spacial score (nSPS) is 12.5. The first-order valence-corrected chi connectivity index (χ1v) is 20.3. The molecule has 0 saturated heterocycles. The van der Waals surface area contributed by atoms with Crippen molar-refractivity contribution >= 4 is 21.8 Å². The molecule has 0 aliphatic carbocycles. The van der Waals surface area contributed by atoms with Crippen molar-refractivity contribution in [3.05, 3.63) is 131 Å². The number of nitrogens with zero attached hydrogens (tertiary/aromatic N) is 4. The van der Waals surface area contributed by atoms with Crippen LogP contribution in [-0.4, -0.2) is 19.3 Å². The van der Waals surface area contributed by atoms with Crippen LogP contribution in [0.3, 0.4) is 0 Å². The molecule has 3 aromatic heterocycles. The third-order valence-corrected chi connectivity index (χ3v) is 10.8. The van der Waals surface area contributed by atoms with Gasteiger partial charge in [-0.25, -0.2) is 4.98 Å². The minimum absolute atomic E-state index is 0. The van der Waals surface area contributed by atoms with Gasteiger partial charge in [-0.1, -0.05) is 138 Å². The van der Waals surface area contributed by atoms with E-state index in [4.69, 9.17) is 14.8 Å². The van der Waals surface area contributed by atoms with Crippen molar-refractivity contribution in [2.75, 3.05) is 0 Å². The maximum atomic E-state index is 6.69. The topological polar surface area (TPSA) is 44.9 Å². The van der Waals surface area contributed by atoms with Crippen LogP contribution in [0.25, 0.3) is 44.4 Å². The smallest absolute Gasteiger partial charge is 0.509 e. The van der Waals surface area contributed by atoms with E-state index in [9.17, 15) is 0 Å². The third-order valence-electron chi connectivity index (χ3n) is 10.8. The van der Waals surface area contributed by atoms with Gasteiger partial charge in [-0.2, -0.15) is 16.7 Å². The van der Waals surface area contributed by atoms with Gasteiger partial charge in [-0.05, 0) is 74.7 Å². The summed E-state index contributed by atoms with van der Waals surface area (Å²) in [4.78, 5) is 4.83. The van der Waals surface area contributed by atoms with Crippen LogP contribution in [0.4, 0.5) is 0 Å². The van der Waals surface area contributed by atoms with Crippen LogP contribution in [0, 0.1) is 19.1 Å². The molecule has 6 heteroatoms. The van der Waals surface area contributed by atoms with Crippen LogP contribution in [0.2, 0.25) is 0 Å². The van der Waals surface area contributed by atoms with Crippen molar-refractivity contribution in [2.24, 2.45) is 0 Å². The van der Waals surface area contributed by atoms with E-state index in [-0.39, 0.29) is 37.3 Å². The van der Waals surface area contributed by atoms with Crippen LogP contribution in [0.5, 0.6) is 11.5 Å². The Hall–Kier alpha value is -4.47. The van der Waals surface area contributed by atoms with E-state index in [0.717, 1.165) is 57.4 Å². The Balaban J connectivity index is 0.00000549. The maximum absolute atomic E-state index is 6.69. The van der Waals surface area contributed by atoms with Gasteiger partial charge >= 0.3 is 21.1 Å². The fraction of sp³-hybridized carbons (Fsp3) is 0.373. The number of rotatable bonds is 8. The minimum Gasteiger partial charge on any atom is -0.509 e. The number of pyridine rings is 1. The predicted octanol–water partition coefficient (Wildman–Crippen LogP) is 13.7. The molecule has 0 radical (unpaired) electrons. The number of para-hydroxylation sites is 1. The molecular weight excluding hydrogens is 880 g/mol. The van der Waals surface area contributed by atoms with E-state index in [1.54, 1.807) is 0 Å². The average Bonchev–Trinajstić information content (AvgIpc) is 3.67. The Morgan fingerprint density at radius 1 is 0.737 bits per heavy atom. The molecule has 5 nitrogen and oxygen atoms in total. The zero-order valence-corrected chi connectivity index (χ0v) is 38.4. The summed E-state index contributed by atoms with van der Waals surface area (Å²) in [6.07, 6.45) is 3.78. The first-order chi connectivity index (χ1) is 26.3. The van der Waals surface area contributed by atoms with Crippen LogP contribution in [0.15, 0.2) is 85.1 Å². The molecule has 3 heterocycles. The predicted molar refractivity (Wildman–Crippen MR) is 234 cm³/mol.